The number of hydrogen-bond acceptors (Lipinski definition) is 3. The number of rotatable bonds is 9. The Morgan fingerprint density at radius 3 is 1.89 bits per heavy atom. The molecule has 0 saturated carbocycles. The van der Waals surface area contributed by atoms with Gasteiger partial charge in [0.25, 0.3) is 0 Å². The quantitative estimate of drug-likeness (QED) is 0.624. The lowest BCUT2D eigenvalue weighted by molar-refractivity contribution is 0.0747. The minimum absolute atomic E-state index is 0.339. The average molecular weight is 257 g/mol. The Bertz CT molecular complexity index is 223. The molecule has 0 aliphatic carbocycles. The lowest BCUT2D eigenvalue weighted by atomic mass is 10.0. The van der Waals surface area contributed by atoms with Gasteiger partial charge in [-0.05, 0) is 46.5 Å². The molecule has 0 amide bonds. The molecule has 0 aromatic heterocycles. The molecule has 0 aliphatic heterocycles. The fourth-order valence-electron chi connectivity index (χ4n) is 2.16. The third-order valence-electron chi connectivity index (χ3n) is 2.83. The van der Waals surface area contributed by atoms with Crippen LogP contribution in [0.15, 0.2) is 11.6 Å². The summed E-state index contributed by atoms with van der Waals surface area (Å²) in [5, 5.41) is 18.9. The molecule has 0 rings (SSSR count). The molecule has 0 aliphatic rings. The number of aliphatic hydroxyl groups is 2. The predicted octanol–water partition coefficient (Wildman–Crippen LogP) is 2.43. The Kier molecular flexibility index (Phi) is 9.34. The van der Waals surface area contributed by atoms with Gasteiger partial charge >= 0.3 is 0 Å². The first-order valence-corrected chi connectivity index (χ1v) is 7.03. The summed E-state index contributed by atoms with van der Waals surface area (Å²) in [6.07, 6.45) is 3.86. The van der Waals surface area contributed by atoms with Crippen LogP contribution >= 0.6 is 0 Å². The maximum Gasteiger partial charge on any atom is 0.0639 e. The van der Waals surface area contributed by atoms with Gasteiger partial charge in [0, 0.05) is 19.6 Å². The van der Waals surface area contributed by atoms with E-state index in [1.165, 1.54) is 5.57 Å². The van der Waals surface area contributed by atoms with Gasteiger partial charge in [-0.1, -0.05) is 18.6 Å². The van der Waals surface area contributed by atoms with E-state index >= 15 is 0 Å². The molecule has 3 atom stereocenters. The van der Waals surface area contributed by atoms with Crippen molar-refractivity contribution in [3.63, 3.8) is 0 Å². The summed E-state index contributed by atoms with van der Waals surface area (Å²) in [6, 6.07) is 0. The molecular weight excluding hydrogens is 226 g/mol. The van der Waals surface area contributed by atoms with Crippen molar-refractivity contribution in [2.75, 3.05) is 19.6 Å². The first-order chi connectivity index (χ1) is 8.31. The molecule has 0 radical (unpaired) electrons. The van der Waals surface area contributed by atoms with Gasteiger partial charge < -0.3 is 10.2 Å². The summed E-state index contributed by atoms with van der Waals surface area (Å²) in [7, 11) is 0. The monoisotopic (exact) mass is 257 g/mol. The van der Waals surface area contributed by atoms with Crippen molar-refractivity contribution >= 4 is 0 Å². The average Bonchev–Trinajstić information content (AvgIpc) is 2.13. The van der Waals surface area contributed by atoms with E-state index in [0.717, 1.165) is 19.4 Å². The predicted molar refractivity (Wildman–Crippen MR) is 77.6 cm³/mol. The van der Waals surface area contributed by atoms with E-state index in [4.69, 9.17) is 0 Å². The van der Waals surface area contributed by atoms with E-state index in [0.29, 0.717) is 19.0 Å². The minimum atomic E-state index is -0.339. The lowest BCUT2D eigenvalue weighted by Gasteiger charge is -2.27. The van der Waals surface area contributed by atoms with Crippen LogP contribution in [0.3, 0.4) is 0 Å². The molecular formula is C15H31NO2. The summed E-state index contributed by atoms with van der Waals surface area (Å²) in [5.41, 5.74) is 1.37. The van der Waals surface area contributed by atoms with Crippen molar-refractivity contribution in [1.82, 2.24) is 4.90 Å². The van der Waals surface area contributed by atoms with Crippen LogP contribution in [0.25, 0.3) is 0 Å². The smallest absolute Gasteiger partial charge is 0.0639 e. The topological polar surface area (TPSA) is 43.7 Å². The van der Waals surface area contributed by atoms with Gasteiger partial charge in [0.15, 0.2) is 0 Å². The van der Waals surface area contributed by atoms with E-state index in [9.17, 15) is 10.2 Å². The standard InChI is InChI=1S/C15H31NO2/c1-12(2)7-6-8-13(3)9-16(10-14(4)17)11-15(5)18/h7,13-15,17-18H,6,8-11H2,1-5H3/t13-,14-,15-/m1/s1. The molecule has 108 valence electrons. The van der Waals surface area contributed by atoms with Gasteiger partial charge in [-0.25, -0.2) is 0 Å². The van der Waals surface area contributed by atoms with Crippen LogP contribution in [-0.4, -0.2) is 47.0 Å². The van der Waals surface area contributed by atoms with Crippen LogP contribution in [0, 0.1) is 5.92 Å². The van der Waals surface area contributed by atoms with E-state index in [-0.39, 0.29) is 12.2 Å². The second-order valence-electron chi connectivity index (χ2n) is 5.88. The maximum atomic E-state index is 9.46. The zero-order valence-electron chi connectivity index (χ0n) is 12.7. The fourth-order valence-corrected chi connectivity index (χ4v) is 2.16. The van der Waals surface area contributed by atoms with Crippen LogP contribution in [0.1, 0.15) is 47.5 Å². The summed E-state index contributed by atoms with van der Waals surface area (Å²) >= 11 is 0. The van der Waals surface area contributed by atoms with Crippen LogP contribution in [0.4, 0.5) is 0 Å². The molecule has 0 fully saturated rings. The van der Waals surface area contributed by atoms with Gasteiger partial charge in [-0.2, -0.15) is 0 Å². The Balaban J connectivity index is 4.08. The number of allylic oxidation sites excluding steroid dienone is 2. The van der Waals surface area contributed by atoms with Crippen molar-refractivity contribution in [2.24, 2.45) is 5.92 Å². The Morgan fingerprint density at radius 2 is 1.50 bits per heavy atom. The molecule has 18 heavy (non-hydrogen) atoms. The van der Waals surface area contributed by atoms with Crippen LogP contribution in [0.5, 0.6) is 0 Å². The van der Waals surface area contributed by atoms with Gasteiger partial charge in [-0.3, -0.25) is 4.90 Å². The summed E-state index contributed by atoms with van der Waals surface area (Å²) < 4.78 is 0. The van der Waals surface area contributed by atoms with Crippen molar-refractivity contribution in [3.05, 3.63) is 11.6 Å². The largest absolute Gasteiger partial charge is 0.392 e. The van der Waals surface area contributed by atoms with E-state index in [1.807, 2.05) is 0 Å². The minimum Gasteiger partial charge on any atom is -0.392 e. The summed E-state index contributed by atoms with van der Waals surface area (Å²) in [5.74, 6) is 0.582. The molecule has 0 aromatic carbocycles. The summed E-state index contributed by atoms with van der Waals surface area (Å²) in [6.45, 7) is 12.3. The summed E-state index contributed by atoms with van der Waals surface area (Å²) in [4.78, 5) is 2.16. The van der Waals surface area contributed by atoms with E-state index in [1.54, 1.807) is 13.8 Å². The molecule has 0 heterocycles. The maximum absolute atomic E-state index is 9.46. The van der Waals surface area contributed by atoms with E-state index in [2.05, 4.69) is 31.7 Å². The van der Waals surface area contributed by atoms with Crippen molar-refractivity contribution in [1.29, 1.82) is 0 Å². The van der Waals surface area contributed by atoms with Crippen molar-refractivity contribution in [2.45, 2.75) is 59.7 Å². The molecule has 0 saturated heterocycles. The first-order valence-electron chi connectivity index (χ1n) is 7.03. The third kappa shape index (κ3) is 10.8. The highest BCUT2D eigenvalue weighted by Crippen LogP contribution is 2.10. The molecule has 0 bridgehead atoms. The Morgan fingerprint density at radius 1 is 1.00 bits per heavy atom. The lowest BCUT2D eigenvalue weighted by Crippen LogP contribution is -2.39. The number of nitrogens with zero attached hydrogens (tertiary/aromatic N) is 1. The van der Waals surface area contributed by atoms with Gasteiger partial charge in [0.1, 0.15) is 0 Å². The highest BCUT2D eigenvalue weighted by atomic mass is 16.3. The second-order valence-corrected chi connectivity index (χ2v) is 5.88. The van der Waals surface area contributed by atoms with Gasteiger partial charge in [0.2, 0.25) is 0 Å². The molecule has 0 aromatic rings. The number of hydrogen-bond donors (Lipinski definition) is 2. The molecule has 3 nitrogen and oxygen atoms in total. The van der Waals surface area contributed by atoms with Gasteiger partial charge in [-0.15, -0.1) is 0 Å². The highest BCUT2D eigenvalue weighted by molar-refractivity contribution is 4.92. The van der Waals surface area contributed by atoms with E-state index < -0.39 is 0 Å². The molecule has 0 spiro atoms. The van der Waals surface area contributed by atoms with Crippen molar-refractivity contribution < 1.29 is 10.2 Å². The second kappa shape index (κ2) is 9.54. The third-order valence-corrected chi connectivity index (χ3v) is 2.83. The zero-order valence-corrected chi connectivity index (χ0v) is 12.7. The van der Waals surface area contributed by atoms with Crippen LogP contribution in [-0.2, 0) is 0 Å². The zero-order chi connectivity index (χ0) is 14.1. The molecule has 0 unspecified atom stereocenters. The van der Waals surface area contributed by atoms with Crippen molar-refractivity contribution in [3.8, 4) is 0 Å². The number of aliphatic hydroxyl groups excluding tert-OH is 2. The van der Waals surface area contributed by atoms with Crippen LogP contribution < -0.4 is 0 Å². The highest BCUT2D eigenvalue weighted by Gasteiger charge is 2.14. The first kappa shape index (κ1) is 17.6. The van der Waals surface area contributed by atoms with Crippen LogP contribution in [0.2, 0.25) is 0 Å². The van der Waals surface area contributed by atoms with Gasteiger partial charge in [0.05, 0.1) is 12.2 Å². The SMILES string of the molecule is CC(C)=CCC[C@@H](C)CN(C[C@@H](C)O)C[C@@H](C)O. The molecule has 2 N–H and O–H groups in total. The normalized spacial score (nSPS) is 16.4. The molecule has 3 heteroatoms. The Labute approximate surface area is 113 Å². The Hall–Kier alpha value is -0.380. The fraction of sp³-hybridized carbons (Fsp3) is 0.867.